The number of rotatable bonds is 5. The van der Waals surface area contributed by atoms with Crippen molar-refractivity contribution >= 4 is 17.8 Å². The molecule has 6 heteroatoms. The molecular formula is C20H19NO5. The SMILES string of the molecule is C[C@@]1(COC(=O)c2ccccc2)C[C@H](NC(=O)c2ccccc2)C(=O)O1. The Labute approximate surface area is 151 Å². The van der Waals surface area contributed by atoms with Crippen molar-refractivity contribution in [3.8, 4) is 0 Å². The van der Waals surface area contributed by atoms with Gasteiger partial charge in [-0.3, -0.25) is 4.79 Å². The van der Waals surface area contributed by atoms with E-state index in [-0.39, 0.29) is 18.9 Å². The number of esters is 2. The zero-order valence-electron chi connectivity index (χ0n) is 14.3. The second kappa shape index (κ2) is 7.39. The molecule has 1 fully saturated rings. The fourth-order valence-electron chi connectivity index (χ4n) is 2.78. The average Bonchev–Trinajstić information content (AvgIpc) is 2.95. The summed E-state index contributed by atoms with van der Waals surface area (Å²) in [4.78, 5) is 36.3. The summed E-state index contributed by atoms with van der Waals surface area (Å²) in [6.45, 7) is 1.60. The summed E-state index contributed by atoms with van der Waals surface area (Å²) >= 11 is 0. The molecular weight excluding hydrogens is 334 g/mol. The molecule has 6 nitrogen and oxygen atoms in total. The van der Waals surface area contributed by atoms with E-state index in [0.29, 0.717) is 11.1 Å². The summed E-state index contributed by atoms with van der Waals surface area (Å²) in [6, 6.07) is 16.4. The van der Waals surface area contributed by atoms with E-state index < -0.39 is 23.6 Å². The number of ether oxygens (including phenoxy) is 2. The van der Waals surface area contributed by atoms with Gasteiger partial charge in [0, 0.05) is 12.0 Å². The van der Waals surface area contributed by atoms with Gasteiger partial charge < -0.3 is 14.8 Å². The molecule has 1 aliphatic rings. The zero-order chi connectivity index (χ0) is 18.6. The van der Waals surface area contributed by atoms with Gasteiger partial charge in [0.25, 0.3) is 5.91 Å². The minimum Gasteiger partial charge on any atom is -0.458 e. The molecule has 0 spiro atoms. The molecule has 0 saturated carbocycles. The highest BCUT2D eigenvalue weighted by atomic mass is 16.6. The first-order chi connectivity index (χ1) is 12.5. The van der Waals surface area contributed by atoms with E-state index in [1.807, 2.05) is 0 Å². The van der Waals surface area contributed by atoms with Gasteiger partial charge in [0.15, 0.2) is 0 Å². The summed E-state index contributed by atoms with van der Waals surface area (Å²) < 4.78 is 10.6. The Morgan fingerprint density at radius 2 is 1.65 bits per heavy atom. The van der Waals surface area contributed by atoms with Gasteiger partial charge in [-0.2, -0.15) is 0 Å². The van der Waals surface area contributed by atoms with E-state index in [4.69, 9.17) is 9.47 Å². The van der Waals surface area contributed by atoms with Gasteiger partial charge in [-0.05, 0) is 31.2 Å². The van der Waals surface area contributed by atoms with Crippen molar-refractivity contribution in [3.05, 3.63) is 71.8 Å². The van der Waals surface area contributed by atoms with E-state index >= 15 is 0 Å². The zero-order valence-corrected chi connectivity index (χ0v) is 14.3. The Morgan fingerprint density at radius 1 is 1.08 bits per heavy atom. The summed E-state index contributed by atoms with van der Waals surface area (Å²) in [6.07, 6.45) is 0.229. The quantitative estimate of drug-likeness (QED) is 0.835. The first-order valence-corrected chi connectivity index (χ1v) is 8.28. The van der Waals surface area contributed by atoms with Gasteiger partial charge in [0.05, 0.1) is 5.56 Å². The van der Waals surface area contributed by atoms with E-state index in [9.17, 15) is 14.4 Å². The van der Waals surface area contributed by atoms with Gasteiger partial charge in [-0.15, -0.1) is 0 Å². The van der Waals surface area contributed by atoms with Gasteiger partial charge in [0.2, 0.25) is 0 Å². The fraction of sp³-hybridized carbons (Fsp3) is 0.250. The number of cyclic esters (lactones) is 1. The summed E-state index contributed by atoms with van der Waals surface area (Å²) in [5.41, 5.74) is -0.0883. The molecule has 2 aromatic carbocycles. The van der Waals surface area contributed by atoms with Crippen molar-refractivity contribution in [3.63, 3.8) is 0 Å². The average molecular weight is 353 g/mol. The Bertz CT molecular complexity index is 805. The third-order valence-electron chi connectivity index (χ3n) is 4.13. The van der Waals surface area contributed by atoms with Crippen LogP contribution in [0.1, 0.15) is 34.1 Å². The predicted octanol–water partition coefficient (Wildman–Crippen LogP) is 2.35. The molecule has 1 amide bonds. The lowest BCUT2D eigenvalue weighted by atomic mass is 10.0. The maximum absolute atomic E-state index is 12.2. The molecule has 2 aromatic rings. The standard InChI is InChI=1S/C20H19NO5/c1-20(13-25-18(23)15-10-6-3-7-11-15)12-16(19(24)26-20)21-17(22)14-8-4-2-5-9-14/h2-11,16H,12-13H2,1H3,(H,21,22)/t16-,20-/m0/s1. The highest BCUT2D eigenvalue weighted by molar-refractivity contribution is 5.97. The maximum Gasteiger partial charge on any atom is 0.338 e. The number of hydrogen-bond donors (Lipinski definition) is 1. The van der Waals surface area contributed by atoms with Crippen LogP contribution in [0.25, 0.3) is 0 Å². The van der Waals surface area contributed by atoms with E-state index in [1.54, 1.807) is 67.6 Å². The normalized spacial score (nSPS) is 21.7. The van der Waals surface area contributed by atoms with Crippen molar-refractivity contribution in [2.24, 2.45) is 0 Å². The number of amides is 1. The molecule has 1 N–H and O–H groups in total. The topological polar surface area (TPSA) is 81.7 Å². The molecule has 0 bridgehead atoms. The summed E-state index contributed by atoms with van der Waals surface area (Å²) in [5.74, 6) is -1.37. The third kappa shape index (κ3) is 4.08. The molecule has 0 radical (unpaired) electrons. The molecule has 3 rings (SSSR count). The minimum atomic E-state index is -0.976. The molecule has 2 atom stereocenters. The molecule has 0 aromatic heterocycles. The van der Waals surface area contributed by atoms with Crippen LogP contribution in [0, 0.1) is 0 Å². The first kappa shape index (κ1) is 17.7. The van der Waals surface area contributed by atoms with Crippen molar-refractivity contribution < 1.29 is 23.9 Å². The lowest BCUT2D eigenvalue weighted by Crippen LogP contribution is -2.39. The largest absolute Gasteiger partial charge is 0.458 e. The van der Waals surface area contributed by atoms with Crippen LogP contribution in [-0.4, -0.2) is 36.1 Å². The van der Waals surface area contributed by atoms with Crippen LogP contribution in [0.5, 0.6) is 0 Å². The van der Waals surface area contributed by atoms with Crippen LogP contribution in [0.15, 0.2) is 60.7 Å². The second-order valence-corrected chi connectivity index (χ2v) is 6.41. The summed E-state index contributed by atoms with van der Waals surface area (Å²) in [7, 11) is 0. The van der Waals surface area contributed by atoms with Gasteiger partial charge >= 0.3 is 11.9 Å². The molecule has 0 unspecified atom stereocenters. The third-order valence-corrected chi connectivity index (χ3v) is 4.13. The monoisotopic (exact) mass is 353 g/mol. The van der Waals surface area contributed by atoms with E-state index in [1.165, 1.54) is 0 Å². The van der Waals surface area contributed by atoms with Crippen LogP contribution >= 0.6 is 0 Å². The van der Waals surface area contributed by atoms with E-state index in [0.717, 1.165) is 0 Å². The molecule has 1 saturated heterocycles. The van der Waals surface area contributed by atoms with Crippen molar-refractivity contribution in [2.75, 3.05) is 6.61 Å². The number of nitrogens with one attached hydrogen (secondary N) is 1. The fourth-order valence-corrected chi connectivity index (χ4v) is 2.78. The Kier molecular flexibility index (Phi) is 5.02. The van der Waals surface area contributed by atoms with Crippen LogP contribution in [-0.2, 0) is 14.3 Å². The molecule has 0 aliphatic carbocycles. The Balaban J connectivity index is 1.57. The lowest BCUT2D eigenvalue weighted by molar-refractivity contribution is -0.151. The van der Waals surface area contributed by atoms with Crippen LogP contribution in [0.2, 0.25) is 0 Å². The van der Waals surface area contributed by atoms with Crippen molar-refractivity contribution in [1.82, 2.24) is 5.32 Å². The Hall–Kier alpha value is -3.15. The van der Waals surface area contributed by atoms with E-state index in [2.05, 4.69) is 5.32 Å². The second-order valence-electron chi connectivity index (χ2n) is 6.41. The number of hydrogen-bond acceptors (Lipinski definition) is 5. The van der Waals surface area contributed by atoms with Gasteiger partial charge in [0.1, 0.15) is 18.2 Å². The first-order valence-electron chi connectivity index (χ1n) is 8.28. The minimum absolute atomic E-state index is 0.0792. The Morgan fingerprint density at radius 3 is 2.27 bits per heavy atom. The van der Waals surface area contributed by atoms with Gasteiger partial charge in [-0.1, -0.05) is 36.4 Å². The van der Waals surface area contributed by atoms with Crippen molar-refractivity contribution in [2.45, 2.75) is 25.0 Å². The molecule has 1 aliphatic heterocycles. The number of carbonyl (C=O) groups excluding carboxylic acids is 3. The van der Waals surface area contributed by atoms with Crippen LogP contribution in [0.3, 0.4) is 0 Å². The summed E-state index contributed by atoms with van der Waals surface area (Å²) in [5, 5.41) is 2.67. The number of carbonyl (C=O) groups is 3. The predicted molar refractivity (Wildman–Crippen MR) is 93.5 cm³/mol. The molecule has 1 heterocycles. The van der Waals surface area contributed by atoms with Crippen LogP contribution in [0.4, 0.5) is 0 Å². The highest BCUT2D eigenvalue weighted by Crippen LogP contribution is 2.27. The number of benzene rings is 2. The molecule has 26 heavy (non-hydrogen) atoms. The van der Waals surface area contributed by atoms with Crippen LogP contribution < -0.4 is 5.32 Å². The smallest absolute Gasteiger partial charge is 0.338 e. The highest BCUT2D eigenvalue weighted by Gasteiger charge is 2.45. The lowest BCUT2D eigenvalue weighted by Gasteiger charge is -2.21. The van der Waals surface area contributed by atoms with Gasteiger partial charge in [-0.25, -0.2) is 9.59 Å². The molecule has 134 valence electrons. The maximum atomic E-state index is 12.2. The van der Waals surface area contributed by atoms with Crippen molar-refractivity contribution in [1.29, 1.82) is 0 Å².